The van der Waals surface area contributed by atoms with Crippen molar-refractivity contribution >= 4 is 22.8 Å². The van der Waals surface area contributed by atoms with Gasteiger partial charge in [0.2, 0.25) is 0 Å². The molecule has 6 rings (SSSR count). The molecule has 0 aliphatic carbocycles. The quantitative estimate of drug-likeness (QED) is 0.162. The maximum atomic E-state index is 15.7. The molecule has 0 saturated carbocycles. The Kier molecular flexibility index (Phi) is 10.2. The monoisotopic (exact) mass is 679 g/mol. The van der Waals surface area contributed by atoms with Crippen molar-refractivity contribution in [2.45, 2.75) is 77.0 Å². The molecule has 2 aromatic carbocycles. The highest BCUT2D eigenvalue weighted by atomic mass is 19.1. The number of rotatable bonds is 9. The number of para-hydroxylation sites is 1. The Balaban J connectivity index is 1.19. The zero-order chi connectivity index (χ0) is 35.6. The number of nitrogen functional groups attached to an aromatic ring is 1. The molecule has 50 heavy (non-hydrogen) atoms. The van der Waals surface area contributed by atoms with Gasteiger partial charge in [-0.1, -0.05) is 24.3 Å². The molecule has 0 bridgehead atoms. The molecule has 2 aliphatic heterocycles. The van der Waals surface area contributed by atoms with E-state index in [9.17, 15) is 10.1 Å². The van der Waals surface area contributed by atoms with E-state index in [-0.39, 0.29) is 34.4 Å². The van der Waals surface area contributed by atoms with Gasteiger partial charge < -0.3 is 15.4 Å². The number of anilines is 1. The number of nitrogens with two attached hydrogens (primary N) is 1. The van der Waals surface area contributed by atoms with Crippen LogP contribution in [0.2, 0.25) is 0 Å². The van der Waals surface area contributed by atoms with E-state index >= 15 is 4.39 Å². The number of likely N-dealkylation sites (N-methyl/N-ethyl adjacent to an activating group) is 1. The van der Waals surface area contributed by atoms with E-state index in [4.69, 9.17) is 15.6 Å². The number of hydrogen-bond donors (Lipinski definition) is 1. The maximum Gasteiger partial charge on any atom is 0.264 e. The van der Waals surface area contributed by atoms with Crippen molar-refractivity contribution in [3.05, 3.63) is 72.3 Å². The second-order valence-electron chi connectivity index (χ2n) is 14.2. The van der Waals surface area contributed by atoms with Gasteiger partial charge in [-0.2, -0.15) is 10.4 Å². The van der Waals surface area contributed by atoms with E-state index in [0.29, 0.717) is 66.2 Å². The van der Waals surface area contributed by atoms with Crippen molar-refractivity contribution in [1.82, 2.24) is 34.4 Å². The lowest BCUT2D eigenvalue weighted by atomic mass is 9.92. The predicted octanol–water partition coefficient (Wildman–Crippen LogP) is 6.20. The fourth-order valence-electron chi connectivity index (χ4n) is 7.13. The zero-order valence-electron chi connectivity index (χ0n) is 29.5. The van der Waals surface area contributed by atoms with Crippen LogP contribution in [-0.2, 0) is 4.79 Å². The molecule has 4 heterocycles. The van der Waals surface area contributed by atoms with E-state index in [1.54, 1.807) is 39.9 Å². The number of piperidine rings is 1. The lowest BCUT2D eigenvalue weighted by Crippen LogP contribution is -2.60. The highest BCUT2D eigenvalue weighted by molar-refractivity contribution is 5.99. The molecule has 0 radical (unpaired) electrons. The molecule has 262 valence electrons. The number of aromatic nitrogens is 4. The normalized spacial score (nSPS) is 20.9. The minimum atomic E-state index is -0.530. The second-order valence-corrected chi connectivity index (χ2v) is 14.2. The predicted molar refractivity (Wildman–Crippen MR) is 192 cm³/mol. The summed E-state index contributed by atoms with van der Waals surface area (Å²) in [6.45, 7) is 11.8. The van der Waals surface area contributed by atoms with Crippen LogP contribution in [0.1, 0.15) is 59.4 Å². The van der Waals surface area contributed by atoms with E-state index in [0.717, 1.165) is 25.9 Å². The van der Waals surface area contributed by atoms with Crippen molar-refractivity contribution in [2.24, 2.45) is 0 Å². The van der Waals surface area contributed by atoms with Gasteiger partial charge >= 0.3 is 0 Å². The minimum absolute atomic E-state index is 0.0720. The van der Waals surface area contributed by atoms with Crippen LogP contribution in [0.25, 0.3) is 22.3 Å². The molecule has 3 atom stereocenters. The lowest BCUT2D eigenvalue weighted by molar-refractivity contribution is -0.128. The molecule has 11 nitrogen and oxygen atoms in total. The molecule has 1 amide bonds. The average molecular weight is 680 g/mol. The Morgan fingerprint density at radius 2 is 1.84 bits per heavy atom. The van der Waals surface area contributed by atoms with Crippen molar-refractivity contribution in [1.29, 1.82) is 5.26 Å². The van der Waals surface area contributed by atoms with E-state index in [1.165, 1.54) is 12.4 Å². The summed E-state index contributed by atoms with van der Waals surface area (Å²) in [7, 11) is 2.18. The Bertz CT molecular complexity index is 1910. The van der Waals surface area contributed by atoms with Gasteiger partial charge in [0.25, 0.3) is 5.91 Å². The van der Waals surface area contributed by atoms with Gasteiger partial charge in [0.15, 0.2) is 5.65 Å². The average Bonchev–Trinajstić information content (AvgIpc) is 3.50. The van der Waals surface area contributed by atoms with Crippen LogP contribution in [0, 0.1) is 17.1 Å². The van der Waals surface area contributed by atoms with Gasteiger partial charge in [-0.3, -0.25) is 14.6 Å². The lowest BCUT2D eigenvalue weighted by Gasteiger charge is -2.49. The summed E-state index contributed by atoms with van der Waals surface area (Å²) < 4.78 is 23.2. The standard InChI is InChI=1S/C38H46FN9O2/c1-25-21-47(22-26(2)45(25)5)38(3,4)17-9-11-27(20-40)37(49)46-18-10-12-28(23-46)48-36-33(35(41)42-24-43-36)34(44-48)31-16-15-30(19-32(31)39)50-29-13-7-6-8-14-29/h6-8,11,13-16,19,24-26,28H,9-10,12,17-18,21-23H2,1-5H3,(H2,41,42,43)/b27-11+/t25-,26+,28-/m1/s1. The highest BCUT2D eigenvalue weighted by Crippen LogP contribution is 2.36. The third-order valence-corrected chi connectivity index (χ3v) is 10.4. The van der Waals surface area contributed by atoms with Gasteiger partial charge in [0.05, 0.1) is 11.4 Å². The molecule has 4 aromatic rings. The van der Waals surface area contributed by atoms with E-state index in [2.05, 4.69) is 60.6 Å². The molecule has 12 heteroatoms. The number of amides is 1. The van der Waals surface area contributed by atoms with Crippen LogP contribution < -0.4 is 10.5 Å². The topological polar surface area (TPSA) is 129 Å². The van der Waals surface area contributed by atoms with Crippen LogP contribution in [-0.4, -0.2) is 91.2 Å². The number of fused-ring (bicyclic) bond motifs is 1. The summed E-state index contributed by atoms with van der Waals surface area (Å²) in [5.74, 6) is 0.305. The smallest absolute Gasteiger partial charge is 0.264 e. The van der Waals surface area contributed by atoms with Crippen LogP contribution in [0.4, 0.5) is 10.2 Å². The first-order valence-corrected chi connectivity index (χ1v) is 17.3. The van der Waals surface area contributed by atoms with Gasteiger partial charge in [0, 0.05) is 55.4 Å². The number of benzene rings is 2. The number of ether oxygens (including phenoxy) is 1. The van der Waals surface area contributed by atoms with Crippen molar-refractivity contribution in [3.8, 4) is 28.8 Å². The fraction of sp³-hybridized carbons (Fsp3) is 0.447. The van der Waals surface area contributed by atoms with Gasteiger partial charge in [0.1, 0.15) is 46.8 Å². The van der Waals surface area contributed by atoms with Crippen molar-refractivity contribution in [2.75, 3.05) is 39.0 Å². The summed E-state index contributed by atoms with van der Waals surface area (Å²) in [6.07, 6.45) is 6.03. The number of nitriles is 1. The summed E-state index contributed by atoms with van der Waals surface area (Å²) in [6, 6.07) is 16.6. The molecule has 0 spiro atoms. The molecule has 0 unspecified atom stereocenters. The summed E-state index contributed by atoms with van der Waals surface area (Å²) in [5.41, 5.74) is 7.42. The van der Waals surface area contributed by atoms with Gasteiger partial charge in [-0.15, -0.1) is 0 Å². The number of carbonyl (C=O) groups excluding carboxylic acids is 1. The first kappa shape index (κ1) is 35.0. The summed E-state index contributed by atoms with van der Waals surface area (Å²) >= 11 is 0. The van der Waals surface area contributed by atoms with Crippen LogP contribution in [0.5, 0.6) is 11.5 Å². The van der Waals surface area contributed by atoms with Crippen LogP contribution in [0.3, 0.4) is 0 Å². The first-order chi connectivity index (χ1) is 24.0. The summed E-state index contributed by atoms with van der Waals surface area (Å²) in [4.78, 5) is 29.0. The Morgan fingerprint density at radius 1 is 1.10 bits per heavy atom. The number of allylic oxidation sites excluding steroid dienone is 1. The molecular weight excluding hydrogens is 633 g/mol. The van der Waals surface area contributed by atoms with Gasteiger partial charge in [-0.25, -0.2) is 19.0 Å². The Morgan fingerprint density at radius 3 is 2.54 bits per heavy atom. The largest absolute Gasteiger partial charge is 0.457 e. The minimum Gasteiger partial charge on any atom is -0.457 e. The molecule has 2 N–H and O–H groups in total. The third kappa shape index (κ3) is 7.20. The molecular formula is C38H46FN9O2. The number of likely N-dealkylation sites (tertiary alicyclic amines) is 1. The highest BCUT2D eigenvalue weighted by Gasteiger charge is 2.35. The first-order valence-electron chi connectivity index (χ1n) is 17.3. The number of nitrogens with zero attached hydrogens (tertiary/aromatic N) is 8. The van der Waals surface area contributed by atoms with Gasteiger partial charge in [-0.05, 0) is 84.7 Å². The van der Waals surface area contributed by atoms with E-state index < -0.39 is 5.82 Å². The summed E-state index contributed by atoms with van der Waals surface area (Å²) in [5, 5.41) is 15.3. The number of hydrogen-bond acceptors (Lipinski definition) is 9. The van der Waals surface area contributed by atoms with Crippen molar-refractivity contribution in [3.63, 3.8) is 0 Å². The van der Waals surface area contributed by atoms with E-state index in [1.807, 2.05) is 18.2 Å². The van der Waals surface area contributed by atoms with Crippen LogP contribution >= 0.6 is 0 Å². The van der Waals surface area contributed by atoms with Crippen molar-refractivity contribution < 1.29 is 13.9 Å². The SMILES string of the molecule is C[C@@H]1CN(C(C)(C)CC/C=C(\C#N)C(=O)N2CCC[C@@H](n3nc(-c4ccc(Oc5ccccc5)cc4F)c4c(N)ncnc43)C2)C[C@H](C)N1C. The van der Waals surface area contributed by atoms with Crippen LogP contribution in [0.15, 0.2) is 66.5 Å². The maximum absolute atomic E-state index is 15.7. The molecule has 2 saturated heterocycles. The Hall–Kier alpha value is -4.86. The number of carbonyl (C=O) groups is 1. The number of halogens is 1. The molecule has 2 aliphatic rings. The second kappa shape index (κ2) is 14.5. The fourth-order valence-corrected chi connectivity index (χ4v) is 7.13. The molecule has 2 fully saturated rings. The molecule has 2 aromatic heterocycles. The Labute approximate surface area is 293 Å². The third-order valence-electron chi connectivity index (χ3n) is 10.4. The number of piperazine rings is 1. The zero-order valence-corrected chi connectivity index (χ0v) is 29.5.